The van der Waals surface area contributed by atoms with Crippen molar-refractivity contribution in [3.8, 4) is 11.5 Å². The normalized spacial score (nSPS) is 12.6. The third-order valence-corrected chi connectivity index (χ3v) is 3.44. The topological polar surface area (TPSA) is 74.2 Å². The van der Waals surface area contributed by atoms with Gasteiger partial charge in [-0.3, -0.25) is 0 Å². The van der Waals surface area contributed by atoms with Crippen LogP contribution in [0.2, 0.25) is 0 Å². The van der Waals surface area contributed by atoms with E-state index in [-0.39, 0.29) is 6.04 Å². The predicted molar refractivity (Wildman–Crippen MR) is 83.2 cm³/mol. The van der Waals surface area contributed by atoms with Crippen LogP contribution in [0.25, 0.3) is 11.5 Å². The molecule has 20 heavy (non-hydrogen) atoms. The number of hydrogen-bond donors (Lipinski definition) is 1. The number of aromatic nitrogens is 2. The Morgan fingerprint density at radius 3 is 2.65 bits per heavy atom. The van der Waals surface area contributed by atoms with Crippen LogP contribution in [0.1, 0.15) is 25.2 Å². The molecule has 0 aliphatic heterocycles. The average molecular weight is 405 g/mol. The molecule has 2 rings (SSSR count). The Morgan fingerprint density at radius 1 is 1.30 bits per heavy atom. The van der Waals surface area contributed by atoms with Crippen molar-refractivity contribution in [1.82, 2.24) is 10.1 Å². The van der Waals surface area contributed by atoms with Crippen molar-refractivity contribution in [2.24, 2.45) is 5.73 Å². The Balaban J connectivity index is 2.11. The zero-order valence-electron chi connectivity index (χ0n) is 11.0. The second-order valence-corrected chi connectivity index (χ2v) is 6.13. The minimum Gasteiger partial charge on any atom is -0.379 e. The fourth-order valence-electron chi connectivity index (χ4n) is 1.61. The summed E-state index contributed by atoms with van der Waals surface area (Å²) < 4.78 is 12.5. The van der Waals surface area contributed by atoms with Gasteiger partial charge in [0.05, 0.1) is 12.6 Å². The molecule has 1 atom stereocenters. The largest absolute Gasteiger partial charge is 0.379 e. The molecule has 0 radical (unpaired) electrons. The molecule has 0 saturated heterocycles. The maximum absolute atomic E-state index is 5.96. The smallest absolute Gasteiger partial charge is 0.258 e. The van der Waals surface area contributed by atoms with Crippen molar-refractivity contribution >= 4 is 31.9 Å². The molecule has 1 heterocycles. The van der Waals surface area contributed by atoms with Crippen LogP contribution in [0.4, 0.5) is 0 Å². The predicted octanol–water partition coefficient (Wildman–Crippen LogP) is 3.69. The van der Waals surface area contributed by atoms with E-state index in [1.54, 1.807) is 0 Å². The van der Waals surface area contributed by atoms with Gasteiger partial charge in [0.1, 0.15) is 0 Å². The molecule has 7 heteroatoms. The maximum atomic E-state index is 5.96. The molecule has 0 amide bonds. The van der Waals surface area contributed by atoms with Crippen LogP contribution < -0.4 is 5.73 Å². The lowest BCUT2D eigenvalue weighted by Crippen LogP contribution is -2.18. The van der Waals surface area contributed by atoms with E-state index < -0.39 is 0 Å². The second-order valence-electron chi connectivity index (χ2n) is 4.30. The van der Waals surface area contributed by atoms with Gasteiger partial charge in [0.25, 0.3) is 5.89 Å². The summed E-state index contributed by atoms with van der Waals surface area (Å²) in [5, 5.41) is 3.91. The first-order valence-corrected chi connectivity index (χ1v) is 7.82. The summed E-state index contributed by atoms with van der Waals surface area (Å²) in [7, 11) is 0. The average Bonchev–Trinajstić information content (AvgIpc) is 2.87. The first-order chi connectivity index (χ1) is 9.60. The van der Waals surface area contributed by atoms with Gasteiger partial charge in [0.2, 0.25) is 0 Å². The number of hydrogen-bond acceptors (Lipinski definition) is 5. The lowest BCUT2D eigenvalue weighted by atomic mass is 10.2. The third-order valence-electron chi connectivity index (χ3n) is 2.53. The van der Waals surface area contributed by atoms with E-state index in [0.717, 1.165) is 20.9 Å². The monoisotopic (exact) mass is 403 g/mol. The highest BCUT2D eigenvalue weighted by molar-refractivity contribution is 9.11. The molecule has 1 aromatic carbocycles. The second kappa shape index (κ2) is 7.31. The Bertz CT molecular complexity index is 554. The van der Waals surface area contributed by atoms with E-state index >= 15 is 0 Å². The van der Waals surface area contributed by atoms with E-state index in [1.807, 2.05) is 25.1 Å². The van der Waals surface area contributed by atoms with Crippen molar-refractivity contribution in [2.75, 3.05) is 13.2 Å². The zero-order valence-corrected chi connectivity index (χ0v) is 14.1. The maximum Gasteiger partial charge on any atom is 0.258 e. The lowest BCUT2D eigenvalue weighted by Gasteiger charge is -2.06. The Morgan fingerprint density at radius 2 is 2.00 bits per heavy atom. The Hall–Kier alpha value is -0.760. The van der Waals surface area contributed by atoms with Gasteiger partial charge >= 0.3 is 0 Å². The zero-order chi connectivity index (χ0) is 14.5. The van der Waals surface area contributed by atoms with Gasteiger partial charge in [0, 0.05) is 21.1 Å². The molecule has 0 bridgehead atoms. The van der Waals surface area contributed by atoms with Gasteiger partial charge in [-0.25, -0.2) is 0 Å². The molecular formula is C13H15Br2N3O2. The standard InChI is InChI=1S/C13H15Br2N3O2/c1-2-3-19-7-11(16)12-17-13(20-18-12)8-4-9(14)6-10(15)5-8/h4-6,11H,2-3,7,16H2,1H3. The highest BCUT2D eigenvalue weighted by Gasteiger charge is 2.16. The van der Waals surface area contributed by atoms with Crippen LogP contribution in [-0.2, 0) is 4.74 Å². The summed E-state index contributed by atoms with van der Waals surface area (Å²) in [4.78, 5) is 4.32. The summed E-state index contributed by atoms with van der Waals surface area (Å²) in [6.45, 7) is 3.11. The van der Waals surface area contributed by atoms with E-state index in [1.165, 1.54) is 0 Å². The van der Waals surface area contributed by atoms with Crippen LogP contribution in [0, 0.1) is 0 Å². The summed E-state index contributed by atoms with van der Waals surface area (Å²) in [5.74, 6) is 0.889. The molecule has 5 nitrogen and oxygen atoms in total. The van der Waals surface area contributed by atoms with Crippen LogP contribution in [-0.4, -0.2) is 23.4 Å². The molecule has 1 unspecified atom stereocenters. The summed E-state index contributed by atoms with van der Waals surface area (Å²) in [6, 6.07) is 5.36. The van der Waals surface area contributed by atoms with Crippen molar-refractivity contribution in [3.63, 3.8) is 0 Å². The lowest BCUT2D eigenvalue weighted by molar-refractivity contribution is 0.119. The van der Waals surface area contributed by atoms with Crippen molar-refractivity contribution in [2.45, 2.75) is 19.4 Å². The van der Waals surface area contributed by atoms with Gasteiger partial charge in [-0.05, 0) is 24.6 Å². The summed E-state index contributed by atoms with van der Waals surface area (Å²) in [5.41, 5.74) is 6.78. The number of ether oxygens (including phenoxy) is 1. The van der Waals surface area contributed by atoms with Gasteiger partial charge in [-0.2, -0.15) is 4.98 Å². The van der Waals surface area contributed by atoms with Crippen molar-refractivity contribution < 1.29 is 9.26 Å². The first-order valence-electron chi connectivity index (χ1n) is 6.23. The minimum absolute atomic E-state index is 0.380. The number of rotatable bonds is 6. The molecule has 1 aromatic heterocycles. The van der Waals surface area contributed by atoms with Crippen molar-refractivity contribution in [3.05, 3.63) is 33.0 Å². The fourth-order valence-corrected chi connectivity index (χ4v) is 2.90. The molecule has 0 aliphatic carbocycles. The fraction of sp³-hybridized carbons (Fsp3) is 0.385. The molecular weight excluding hydrogens is 390 g/mol. The van der Waals surface area contributed by atoms with Gasteiger partial charge in [-0.15, -0.1) is 0 Å². The Labute approximate surface area is 134 Å². The van der Waals surface area contributed by atoms with Crippen LogP contribution in [0.5, 0.6) is 0 Å². The van der Waals surface area contributed by atoms with Crippen LogP contribution >= 0.6 is 31.9 Å². The number of benzene rings is 1. The number of halogens is 2. The van der Waals surface area contributed by atoms with E-state index in [0.29, 0.717) is 24.9 Å². The van der Waals surface area contributed by atoms with E-state index in [2.05, 4.69) is 42.0 Å². The van der Waals surface area contributed by atoms with Gasteiger partial charge in [0.15, 0.2) is 5.82 Å². The van der Waals surface area contributed by atoms with Gasteiger partial charge in [-0.1, -0.05) is 43.9 Å². The number of nitrogens with zero attached hydrogens (tertiary/aromatic N) is 2. The molecule has 108 valence electrons. The van der Waals surface area contributed by atoms with Crippen LogP contribution in [0.15, 0.2) is 31.7 Å². The molecule has 0 spiro atoms. The highest BCUT2D eigenvalue weighted by atomic mass is 79.9. The van der Waals surface area contributed by atoms with Gasteiger partial charge < -0.3 is 15.0 Å². The third kappa shape index (κ3) is 4.12. The molecule has 0 aliphatic rings. The number of nitrogens with two attached hydrogens (primary N) is 1. The quantitative estimate of drug-likeness (QED) is 0.743. The van der Waals surface area contributed by atoms with E-state index in [9.17, 15) is 0 Å². The summed E-state index contributed by atoms with van der Waals surface area (Å²) >= 11 is 6.85. The molecule has 2 aromatic rings. The van der Waals surface area contributed by atoms with Crippen LogP contribution in [0.3, 0.4) is 0 Å². The molecule has 2 N–H and O–H groups in total. The van der Waals surface area contributed by atoms with E-state index in [4.69, 9.17) is 15.0 Å². The molecule has 0 saturated carbocycles. The summed E-state index contributed by atoms with van der Waals surface area (Å²) in [6.07, 6.45) is 0.955. The molecule has 0 fully saturated rings. The minimum atomic E-state index is -0.380. The van der Waals surface area contributed by atoms with Crippen molar-refractivity contribution in [1.29, 1.82) is 0 Å². The highest BCUT2D eigenvalue weighted by Crippen LogP contribution is 2.27. The Kier molecular flexibility index (Phi) is 5.71. The SMILES string of the molecule is CCCOCC(N)c1noc(-c2cc(Br)cc(Br)c2)n1. The first kappa shape index (κ1) is 15.6.